The maximum atomic E-state index is 11.1. The van der Waals surface area contributed by atoms with Crippen LogP contribution in [-0.4, -0.2) is 27.7 Å². The second-order valence-electron chi connectivity index (χ2n) is 4.46. The SMILES string of the molecule is CC(C)N1CCCC1c1cc(Cl)c(=O)[nH]n1. The average molecular weight is 242 g/mol. The van der Waals surface area contributed by atoms with Crippen LogP contribution in [0.3, 0.4) is 0 Å². The van der Waals surface area contributed by atoms with Crippen molar-refractivity contribution in [3.05, 3.63) is 27.1 Å². The van der Waals surface area contributed by atoms with E-state index in [0.717, 1.165) is 18.7 Å². The molecule has 1 fully saturated rings. The molecule has 1 aliphatic heterocycles. The highest BCUT2D eigenvalue weighted by molar-refractivity contribution is 6.30. The molecule has 2 heterocycles. The zero-order valence-electron chi connectivity index (χ0n) is 9.53. The van der Waals surface area contributed by atoms with E-state index in [0.29, 0.717) is 6.04 Å². The molecule has 0 radical (unpaired) electrons. The van der Waals surface area contributed by atoms with E-state index in [1.165, 1.54) is 6.42 Å². The van der Waals surface area contributed by atoms with Crippen LogP contribution in [0.2, 0.25) is 5.02 Å². The summed E-state index contributed by atoms with van der Waals surface area (Å²) in [6.07, 6.45) is 2.24. The molecular formula is C11H16ClN3O. The van der Waals surface area contributed by atoms with Crippen LogP contribution < -0.4 is 5.56 Å². The molecule has 5 heteroatoms. The maximum absolute atomic E-state index is 11.1. The van der Waals surface area contributed by atoms with Gasteiger partial charge in [-0.05, 0) is 39.3 Å². The number of hydrogen-bond acceptors (Lipinski definition) is 3. The fraction of sp³-hybridized carbons (Fsp3) is 0.636. The number of rotatable bonds is 2. The molecule has 1 N–H and O–H groups in total. The Balaban J connectivity index is 2.29. The van der Waals surface area contributed by atoms with Crippen molar-refractivity contribution in [3.8, 4) is 0 Å². The highest BCUT2D eigenvalue weighted by Gasteiger charge is 2.29. The normalized spacial score (nSPS) is 21.9. The van der Waals surface area contributed by atoms with Crippen molar-refractivity contribution in [3.63, 3.8) is 0 Å². The lowest BCUT2D eigenvalue weighted by molar-refractivity contribution is 0.201. The molecule has 2 rings (SSSR count). The Morgan fingerprint density at radius 2 is 2.38 bits per heavy atom. The third kappa shape index (κ3) is 2.13. The molecule has 0 aromatic carbocycles. The zero-order valence-corrected chi connectivity index (χ0v) is 10.3. The summed E-state index contributed by atoms with van der Waals surface area (Å²) >= 11 is 5.82. The average Bonchev–Trinajstić information content (AvgIpc) is 2.71. The summed E-state index contributed by atoms with van der Waals surface area (Å²) in [5.74, 6) is 0. The number of nitrogens with one attached hydrogen (secondary N) is 1. The number of aromatic nitrogens is 2. The van der Waals surface area contributed by atoms with Gasteiger partial charge in [0.25, 0.3) is 5.56 Å². The predicted octanol–water partition coefficient (Wildman–Crippen LogP) is 1.97. The van der Waals surface area contributed by atoms with E-state index >= 15 is 0 Å². The monoisotopic (exact) mass is 241 g/mol. The lowest BCUT2D eigenvalue weighted by atomic mass is 10.1. The van der Waals surface area contributed by atoms with Gasteiger partial charge in [0, 0.05) is 6.04 Å². The summed E-state index contributed by atoms with van der Waals surface area (Å²) in [6.45, 7) is 5.43. The van der Waals surface area contributed by atoms with Crippen LogP contribution in [0.4, 0.5) is 0 Å². The number of likely N-dealkylation sites (tertiary alicyclic amines) is 1. The van der Waals surface area contributed by atoms with E-state index < -0.39 is 0 Å². The molecule has 4 nitrogen and oxygen atoms in total. The first-order valence-corrected chi connectivity index (χ1v) is 5.98. The van der Waals surface area contributed by atoms with Crippen molar-refractivity contribution >= 4 is 11.6 Å². The molecule has 1 saturated heterocycles. The minimum Gasteiger partial charge on any atom is -0.292 e. The van der Waals surface area contributed by atoms with Crippen LogP contribution in [-0.2, 0) is 0 Å². The number of nitrogens with zero attached hydrogens (tertiary/aromatic N) is 2. The van der Waals surface area contributed by atoms with Gasteiger partial charge >= 0.3 is 0 Å². The van der Waals surface area contributed by atoms with Gasteiger partial charge in [0.2, 0.25) is 0 Å². The molecule has 88 valence electrons. The van der Waals surface area contributed by atoms with Crippen molar-refractivity contribution < 1.29 is 0 Å². The molecule has 1 atom stereocenters. The topological polar surface area (TPSA) is 49.0 Å². The smallest absolute Gasteiger partial charge is 0.282 e. The molecule has 0 aliphatic carbocycles. The van der Waals surface area contributed by atoms with Gasteiger partial charge < -0.3 is 0 Å². The predicted molar refractivity (Wildman–Crippen MR) is 63.7 cm³/mol. The van der Waals surface area contributed by atoms with Gasteiger partial charge in [0.05, 0.1) is 11.7 Å². The van der Waals surface area contributed by atoms with Gasteiger partial charge in [-0.1, -0.05) is 11.6 Å². The Morgan fingerprint density at radius 3 is 3.00 bits per heavy atom. The molecule has 1 aromatic rings. The van der Waals surface area contributed by atoms with Crippen LogP contribution >= 0.6 is 11.6 Å². The third-order valence-electron chi connectivity index (χ3n) is 3.08. The third-order valence-corrected chi connectivity index (χ3v) is 3.36. The van der Waals surface area contributed by atoms with Gasteiger partial charge in [0.15, 0.2) is 0 Å². The molecule has 0 saturated carbocycles. The van der Waals surface area contributed by atoms with Crippen LogP contribution in [0.25, 0.3) is 0 Å². The largest absolute Gasteiger partial charge is 0.292 e. The van der Waals surface area contributed by atoms with Crippen molar-refractivity contribution in [2.24, 2.45) is 0 Å². The van der Waals surface area contributed by atoms with Gasteiger partial charge in [-0.2, -0.15) is 5.10 Å². The molecule has 0 spiro atoms. The Hall–Kier alpha value is -0.870. The van der Waals surface area contributed by atoms with E-state index in [1.807, 2.05) is 0 Å². The van der Waals surface area contributed by atoms with Gasteiger partial charge in [-0.3, -0.25) is 9.69 Å². The fourth-order valence-electron chi connectivity index (χ4n) is 2.29. The quantitative estimate of drug-likeness (QED) is 0.861. The molecule has 1 unspecified atom stereocenters. The van der Waals surface area contributed by atoms with E-state index in [2.05, 4.69) is 28.9 Å². The number of H-pyrrole nitrogens is 1. The lowest BCUT2D eigenvalue weighted by Gasteiger charge is -2.27. The highest BCUT2D eigenvalue weighted by atomic mass is 35.5. The molecular weight excluding hydrogens is 226 g/mol. The summed E-state index contributed by atoms with van der Waals surface area (Å²) in [7, 11) is 0. The van der Waals surface area contributed by atoms with Gasteiger partial charge in [0.1, 0.15) is 5.02 Å². The minimum absolute atomic E-state index is 0.223. The van der Waals surface area contributed by atoms with Crippen LogP contribution in [0, 0.1) is 0 Å². The highest BCUT2D eigenvalue weighted by Crippen LogP contribution is 2.32. The lowest BCUT2D eigenvalue weighted by Crippen LogP contribution is -2.31. The molecule has 0 bridgehead atoms. The minimum atomic E-state index is -0.320. The van der Waals surface area contributed by atoms with Crippen LogP contribution in [0.5, 0.6) is 0 Å². The summed E-state index contributed by atoms with van der Waals surface area (Å²) in [5, 5.41) is 6.75. The van der Waals surface area contributed by atoms with Crippen molar-refractivity contribution in [1.29, 1.82) is 0 Å². The van der Waals surface area contributed by atoms with Crippen LogP contribution in [0.15, 0.2) is 10.9 Å². The van der Waals surface area contributed by atoms with E-state index in [4.69, 9.17) is 11.6 Å². The molecule has 1 aromatic heterocycles. The zero-order chi connectivity index (χ0) is 11.7. The molecule has 0 amide bonds. The second-order valence-corrected chi connectivity index (χ2v) is 4.87. The summed E-state index contributed by atoms with van der Waals surface area (Å²) in [6, 6.07) is 2.46. The summed E-state index contributed by atoms with van der Waals surface area (Å²) in [5.41, 5.74) is 0.551. The Morgan fingerprint density at radius 1 is 1.62 bits per heavy atom. The van der Waals surface area contributed by atoms with E-state index in [1.54, 1.807) is 6.07 Å². The van der Waals surface area contributed by atoms with Gasteiger partial charge in [-0.25, -0.2) is 5.10 Å². The molecule has 16 heavy (non-hydrogen) atoms. The van der Waals surface area contributed by atoms with Crippen molar-refractivity contribution in [2.75, 3.05) is 6.54 Å². The Bertz CT molecular complexity index is 429. The first-order valence-electron chi connectivity index (χ1n) is 5.60. The Labute approximate surface area is 99.6 Å². The van der Waals surface area contributed by atoms with Gasteiger partial charge in [-0.15, -0.1) is 0 Å². The number of halogens is 1. The Kier molecular flexibility index (Phi) is 3.30. The first kappa shape index (κ1) is 11.6. The number of hydrogen-bond donors (Lipinski definition) is 1. The maximum Gasteiger partial charge on any atom is 0.282 e. The van der Waals surface area contributed by atoms with Crippen LogP contribution in [0.1, 0.15) is 38.4 Å². The standard InChI is InChI=1S/C11H16ClN3O/c1-7(2)15-5-3-4-10(15)9-6-8(12)11(16)14-13-9/h6-7,10H,3-5H2,1-2H3,(H,14,16). The molecule has 1 aliphatic rings. The van der Waals surface area contributed by atoms with E-state index in [-0.39, 0.29) is 16.6 Å². The number of aromatic amines is 1. The van der Waals surface area contributed by atoms with E-state index in [9.17, 15) is 4.79 Å². The first-order chi connectivity index (χ1) is 7.59. The second kappa shape index (κ2) is 4.55. The fourth-order valence-corrected chi connectivity index (χ4v) is 2.45. The van der Waals surface area contributed by atoms with Crippen molar-refractivity contribution in [1.82, 2.24) is 15.1 Å². The summed E-state index contributed by atoms with van der Waals surface area (Å²) < 4.78 is 0. The summed E-state index contributed by atoms with van der Waals surface area (Å²) in [4.78, 5) is 13.5. The van der Waals surface area contributed by atoms with Crippen molar-refractivity contribution in [2.45, 2.75) is 38.8 Å².